The topological polar surface area (TPSA) is 73.9 Å². The smallest absolute Gasteiger partial charge is 0.540 e. The van der Waals surface area contributed by atoms with Gasteiger partial charge in [-0.25, -0.2) is 6.29 Å². The molecule has 1 N–H and O–H groups in total. The van der Waals surface area contributed by atoms with E-state index in [0.717, 1.165) is 0 Å². The van der Waals surface area contributed by atoms with Gasteiger partial charge in [-0.05, 0) is 6.61 Å². The SMILES string of the molecule is CCC(=O)NCCOCCOCCOC[C-]=O.[CH3-].[CH3-].[K+]. The van der Waals surface area contributed by atoms with Gasteiger partial charge in [-0.2, -0.15) is 0 Å². The fraction of sp³-hybridized carbons (Fsp3) is 0.692. The van der Waals surface area contributed by atoms with E-state index in [1.807, 2.05) is 0 Å². The van der Waals surface area contributed by atoms with Crippen molar-refractivity contribution in [3.8, 4) is 0 Å². The molecular weight excluding hydrogens is 289 g/mol. The molecule has 7 heteroatoms. The Balaban J connectivity index is -0.000000427. The van der Waals surface area contributed by atoms with E-state index in [1.54, 1.807) is 13.2 Å². The van der Waals surface area contributed by atoms with Crippen molar-refractivity contribution in [2.75, 3.05) is 46.2 Å². The number of hydrogen-bond donors (Lipinski definition) is 1. The van der Waals surface area contributed by atoms with Crippen molar-refractivity contribution in [3.63, 3.8) is 0 Å². The van der Waals surface area contributed by atoms with Crippen LogP contribution < -0.4 is 56.7 Å². The van der Waals surface area contributed by atoms with Crippen molar-refractivity contribution in [1.82, 2.24) is 5.32 Å². The summed E-state index contributed by atoms with van der Waals surface area (Å²) in [6, 6.07) is 0. The largest absolute Gasteiger partial charge is 1.00 e. The second kappa shape index (κ2) is 24.7. The van der Waals surface area contributed by atoms with E-state index < -0.39 is 0 Å². The Kier molecular flexibility index (Phi) is 35.5. The summed E-state index contributed by atoms with van der Waals surface area (Å²) < 4.78 is 15.2. The summed E-state index contributed by atoms with van der Waals surface area (Å²) in [6.07, 6.45) is 2.11. The number of ether oxygens (including phenoxy) is 3. The molecular formula is C13H26KNO5-2. The van der Waals surface area contributed by atoms with E-state index in [9.17, 15) is 9.59 Å². The van der Waals surface area contributed by atoms with E-state index >= 15 is 0 Å². The minimum Gasteiger partial charge on any atom is -0.540 e. The van der Waals surface area contributed by atoms with Crippen molar-refractivity contribution in [2.45, 2.75) is 13.3 Å². The molecule has 1 amide bonds. The summed E-state index contributed by atoms with van der Waals surface area (Å²) in [5, 5.41) is 2.70. The molecule has 0 aromatic heterocycles. The molecule has 0 aliphatic carbocycles. The molecule has 0 heterocycles. The zero-order valence-corrected chi connectivity index (χ0v) is 16.3. The van der Waals surface area contributed by atoms with Gasteiger partial charge in [-0.1, -0.05) is 6.92 Å². The van der Waals surface area contributed by atoms with E-state index in [0.29, 0.717) is 46.0 Å². The van der Waals surface area contributed by atoms with Crippen LogP contribution in [0.15, 0.2) is 0 Å². The normalized spacial score (nSPS) is 8.65. The molecule has 0 bridgehead atoms. The second-order valence-electron chi connectivity index (χ2n) is 3.13. The fourth-order valence-electron chi connectivity index (χ4n) is 0.941. The third-order valence-electron chi connectivity index (χ3n) is 1.79. The van der Waals surface area contributed by atoms with Crippen LogP contribution in [0.25, 0.3) is 0 Å². The number of rotatable bonds is 12. The second-order valence-corrected chi connectivity index (χ2v) is 3.13. The number of amides is 1. The fourth-order valence-corrected chi connectivity index (χ4v) is 0.941. The van der Waals surface area contributed by atoms with Crippen LogP contribution in [0.5, 0.6) is 0 Å². The average Bonchev–Trinajstić information content (AvgIpc) is 2.35. The molecule has 0 rings (SSSR count). The van der Waals surface area contributed by atoms with E-state index in [2.05, 4.69) is 5.32 Å². The standard InChI is InChI=1S/C11H20NO5.2CH3.K/c1-2-11(14)12-3-5-15-7-9-17-10-8-16-6-4-13;;;/h2-3,5-10H2,1H3,(H,12,14);2*1H3;/q3*-1;+1. The average molecular weight is 315 g/mol. The van der Waals surface area contributed by atoms with Crippen LogP contribution in [0, 0.1) is 14.9 Å². The Labute approximate surface area is 165 Å². The van der Waals surface area contributed by atoms with Gasteiger partial charge < -0.3 is 39.2 Å². The third kappa shape index (κ3) is 23.7. The number of carbonyl (C=O) groups excluding carboxylic acids is 2. The van der Waals surface area contributed by atoms with Gasteiger partial charge in [0.05, 0.1) is 33.0 Å². The molecule has 0 aromatic carbocycles. The molecule has 0 spiro atoms. The zero-order valence-electron chi connectivity index (χ0n) is 13.2. The first kappa shape index (κ1) is 28.8. The van der Waals surface area contributed by atoms with Gasteiger partial charge in [0, 0.05) is 13.0 Å². The predicted octanol–water partition coefficient (Wildman–Crippen LogP) is -2.42. The minimum absolute atomic E-state index is 0. The molecule has 0 saturated heterocycles. The summed E-state index contributed by atoms with van der Waals surface area (Å²) in [7, 11) is 0. The van der Waals surface area contributed by atoms with Crippen molar-refractivity contribution in [3.05, 3.63) is 14.9 Å². The van der Waals surface area contributed by atoms with Crippen LogP contribution in [0.1, 0.15) is 13.3 Å². The molecule has 0 fully saturated rings. The predicted molar refractivity (Wildman–Crippen MR) is 74.3 cm³/mol. The van der Waals surface area contributed by atoms with Crippen LogP contribution in [-0.4, -0.2) is 58.4 Å². The summed E-state index contributed by atoms with van der Waals surface area (Å²) in [5.41, 5.74) is 0. The monoisotopic (exact) mass is 315 g/mol. The first-order valence-electron chi connectivity index (χ1n) is 5.66. The summed E-state index contributed by atoms with van der Waals surface area (Å²) >= 11 is 0. The van der Waals surface area contributed by atoms with Crippen molar-refractivity contribution < 1.29 is 75.2 Å². The van der Waals surface area contributed by atoms with Gasteiger partial charge in [-0.3, -0.25) is 4.79 Å². The van der Waals surface area contributed by atoms with Gasteiger partial charge in [0.15, 0.2) is 0 Å². The number of nitrogens with one attached hydrogen (secondary N) is 1. The molecule has 0 radical (unpaired) electrons. The third-order valence-corrected chi connectivity index (χ3v) is 1.79. The van der Waals surface area contributed by atoms with Crippen LogP contribution in [0.4, 0.5) is 0 Å². The number of hydrogen-bond acceptors (Lipinski definition) is 5. The Morgan fingerprint density at radius 3 is 2.00 bits per heavy atom. The molecule has 0 unspecified atom stereocenters. The van der Waals surface area contributed by atoms with Crippen molar-refractivity contribution >= 4 is 12.2 Å². The van der Waals surface area contributed by atoms with Gasteiger partial charge >= 0.3 is 51.4 Å². The molecule has 116 valence electrons. The van der Waals surface area contributed by atoms with Crippen LogP contribution in [-0.2, 0) is 23.8 Å². The van der Waals surface area contributed by atoms with Gasteiger partial charge in [0.1, 0.15) is 0 Å². The Morgan fingerprint density at radius 1 is 1.00 bits per heavy atom. The molecule has 0 aliphatic heterocycles. The van der Waals surface area contributed by atoms with E-state index in [4.69, 9.17) is 14.2 Å². The Bertz CT molecular complexity index is 205. The van der Waals surface area contributed by atoms with Gasteiger partial charge in [-0.15, -0.1) is 0 Å². The van der Waals surface area contributed by atoms with E-state index in [-0.39, 0.29) is 78.8 Å². The Hall–Kier alpha value is 0.656. The van der Waals surface area contributed by atoms with Gasteiger partial charge in [0.25, 0.3) is 0 Å². The van der Waals surface area contributed by atoms with Crippen molar-refractivity contribution in [2.24, 2.45) is 0 Å². The zero-order chi connectivity index (χ0) is 12.8. The summed E-state index contributed by atoms with van der Waals surface area (Å²) in [5.74, 6) is 0.0222. The summed E-state index contributed by atoms with van der Waals surface area (Å²) in [6.45, 7) is 4.53. The summed E-state index contributed by atoms with van der Waals surface area (Å²) in [4.78, 5) is 20.6. The molecule has 0 aliphatic rings. The van der Waals surface area contributed by atoms with Crippen molar-refractivity contribution in [1.29, 1.82) is 0 Å². The number of carbonyl (C=O) groups is 1. The quantitative estimate of drug-likeness (QED) is 0.246. The van der Waals surface area contributed by atoms with Crippen LogP contribution >= 0.6 is 0 Å². The van der Waals surface area contributed by atoms with Gasteiger partial charge in [0.2, 0.25) is 5.91 Å². The Morgan fingerprint density at radius 2 is 1.50 bits per heavy atom. The molecule has 6 nitrogen and oxygen atoms in total. The molecule has 0 saturated carbocycles. The molecule has 20 heavy (non-hydrogen) atoms. The molecule has 0 atom stereocenters. The first-order chi connectivity index (χ1) is 8.31. The minimum atomic E-state index is -0.0169. The van der Waals surface area contributed by atoms with Crippen LogP contribution in [0.3, 0.4) is 0 Å². The van der Waals surface area contributed by atoms with E-state index in [1.165, 1.54) is 0 Å². The maximum absolute atomic E-state index is 10.8. The maximum atomic E-state index is 10.8. The first-order valence-corrected chi connectivity index (χ1v) is 5.66. The maximum Gasteiger partial charge on any atom is 1.00 e. The molecule has 0 aromatic rings. The van der Waals surface area contributed by atoms with Crippen LogP contribution in [0.2, 0.25) is 0 Å².